The first-order valence-electron chi connectivity index (χ1n) is 7.59. The van der Waals surface area contributed by atoms with Crippen molar-refractivity contribution in [1.29, 1.82) is 0 Å². The average molecular weight is 298 g/mol. The molecule has 3 nitrogen and oxygen atoms in total. The van der Waals surface area contributed by atoms with Crippen molar-refractivity contribution < 1.29 is 13.6 Å². The molecule has 1 rings (SSSR count). The fourth-order valence-corrected chi connectivity index (χ4v) is 2.03. The van der Waals surface area contributed by atoms with Gasteiger partial charge in [-0.2, -0.15) is 0 Å². The van der Waals surface area contributed by atoms with E-state index in [9.17, 15) is 13.6 Å². The maximum Gasteiger partial charge on any atom is 0.238 e. The first-order valence-corrected chi connectivity index (χ1v) is 7.59. The van der Waals surface area contributed by atoms with Gasteiger partial charge >= 0.3 is 0 Å². The fourth-order valence-electron chi connectivity index (χ4n) is 2.03. The molecule has 21 heavy (non-hydrogen) atoms. The number of hydrogen-bond acceptors (Lipinski definition) is 2. The van der Waals surface area contributed by atoms with Gasteiger partial charge in [-0.25, -0.2) is 8.78 Å². The molecule has 0 aliphatic heterocycles. The predicted octanol–water partition coefficient (Wildman–Crippen LogP) is 3.85. The van der Waals surface area contributed by atoms with Crippen LogP contribution >= 0.6 is 0 Å². The number of anilines is 1. The van der Waals surface area contributed by atoms with Crippen molar-refractivity contribution in [3.8, 4) is 0 Å². The van der Waals surface area contributed by atoms with Crippen LogP contribution in [0.25, 0.3) is 0 Å². The standard InChI is InChI=1S/C16H24F2N2O/c1-2-3-4-5-6-7-11-19-12-15(21)20-16-13(17)9-8-10-14(16)18/h8-10,19H,2-7,11-12H2,1H3,(H,20,21). The lowest BCUT2D eigenvalue weighted by Gasteiger charge is -2.08. The summed E-state index contributed by atoms with van der Waals surface area (Å²) in [6.07, 6.45) is 7.10. The van der Waals surface area contributed by atoms with Gasteiger partial charge in [-0.05, 0) is 25.1 Å². The van der Waals surface area contributed by atoms with E-state index in [2.05, 4.69) is 17.6 Å². The number of hydrogen-bond donors (Lipinski definition) is 2. The fraction of sp³-hybridized carbons (Fsp3) is 0.562. The normalized spacial score (nSPS) is 10.6. The molecule has 0 aliphatic rings. The summed E-state index contributed by atoms with van der Waals surface area (Å²) in [5.41, 5.74) is -0.385. The molecular formula is C16H24F2N2O. The van der Waals surface area contributed by atoms with Crippen LogP contribution in [0.4, 0.5) is 14.5 Å². The van der Waals surface area contributed by atoms with Crippen molar-refractivity contribution in [1.82, 2.24) is 5.32 Å². The number of rotatable bonds is 10. The van der Waals surface area contributed by atoms with Gasteiger partial charge in [-0.3, -0.25) is 4.79 Å². The molecular weight excluding hydrogens is 274 g/mol. The summed E-state index contributed by atoms with van der Waals surface area (Å²) in [7, 11) is 0. The molecule has 1 amide bonds. The lowest BCUT2D eigenvalue weighted by Crippen LogP contribution is -2.29. The number of para-hydroxylation sites is 1. The van der Waals surface area contributed by atoms with Crippen LogP contribution in [-0.2, 0) is 4.79 Å². The quantitative estimate of drug-likeness (QED) is 0.644. The Bertz CT molecular complexity index is 418. The molecule has 0 unspecified atom stereocenters. The molecule has 1 aromatic carbocycles. The highest BCUT2D eigenvalue weighted by Gasteiger charge is 2.11. The molecule has 0 saturated carbocycles. The summed E-state index contributed by atoms with van der Waals surface area (Å²) in [5, 5.41) is 5.22. The summed E-state index contributed by atoms with van der Waals surface area (Å²) < 4.78 is 26.7. The molecule has 0 aliphatic carbocycles. The molecule has 0 aromatic heterocycles. The Labute approximate surface area is 125 Å². The Morgan fingerprint density at radius 3 is 2.33 bits per heavy atom. The molecule has 1 aromatic rings. The van der Waals surface area contributed by atoms with E-state index in [0.29, 0.717) is 0 Å². The zero-order valence-corrected chi connectivity index (χ0v) is 12.6. The number of nitrogens with one attached hydrogen (secondary N) is 2. The molecule has 5 heteroatoms. The zero-order valence-electron chi connectivity index (χ0n) is 12.6. The molecule has 2 N–H and O–H groups in total. The Balaban J connectivity index is 2.14. The second-order valence-corrected chi connectivity index (χ2v) is 5.09. The zero-order chi connectivity index (χ0) is 15.5. The van der Waals surface area contributed by atoms with Gasteiger partial charge in [0.2, 0.25) is 5.91 Å². The SMILES string of the molecule is CCCCCCCCNCC(=O)Nc1c(F)cccc1F. The van der Waals surface area contributed by atoms with Gasteiger partial charge in [0.15, 0.2) is 0 Å². The maximum absolute atomic E-state index is 13.3. The van der Waals surface area contributed by atoms with Gasteiger partial charge in [0.25, 0.3) is 0 Å². The third kappa shape index (κ3) is 7.18. The van der Waals surface area contributed by atoms with E-state index in [0.717, 1.165) is 31.5 Å². The van der Waals surface area contributed by atoms with Crippen molar-refractivity contribution in [3.63, 3.8) is 0 Å². The number of amides is 1. The van der Waals surface area contributed by atoms with Crippen molar-refractivity contribution in [2.24, 2.45) is 0 Å². The molecule has 0 fully saturated rings. The number of benzene rings is 1. The lowest BCUT2D eigenvalue weighted by atomic mass is 10.1. The summed E-state index contributed by atoms with van der Waals surface area (Å²) in [5.74, 6) is -1.97. The van der Waals surface area contributed by atoms with Crippen molar-refractivity contribution in [3.05, 3.63) is 29.8 Å². The van der Waals surface area contributed by atoms with Crippen molar-refractivity contribution in [2.45, 2.75) is 45.4 Å². The van der Waals surface area contributed by atoms with Crippen LogP contribution in [0.5, 0.6) is 0 Å². The largest absolute Gasteiger partial charge is 0.320 e. The van der Waals surface area contributed by atoms with E-state index in [4.69, 9.17) is 0 Å². The first-order chi connectivity index (χ1) is 10.1. The van der Waals surface area contributed by atoms with Crippen LogP contribution in [0.3, 0.4) is 0 Å². The molecule has 0 atom stereocenters. The first kappa shape index (κ1) is 17.6. The van der Waals surface area contributed by atoms with Crippen LogP contribution in [0, 0.1) is 11.6 Å². The van der Waals surface area contributed by atoms with Crippen LogP contribution in [0.15, 0.2) is 18.2 Å². The van der Waals surface area contributed by atoms with E-state index in [1.807, 2.05) is 0 Å². The highest BCUT2D eigenvalue weighted by atomic mass is 19.1. The van der Waals surface area contributed by atoms with E-state index in [1.165, 1.54) is 31.7 Å². The van der Waals surface area contributed by atoms with Gasteiger partial charge in [0.1, 0.15) is 17.3 Å². The minimum absolute atomic E-state index is 0.0583. The van der Waals surface area contributed by atoms with Gasteiger partial charge in [0.05, 0.1) is 6.54 Å². The summed E-state index contributed by atoms with van der Waals surface area (Å²) in [4.78, 5) is 11.6. The third-order valence-electron chi connectivity index (χ3n) is 3.22. The van der Waals surface area contributed by atoms with E-state index >= 15 is 0 Å². The van der Waals surface area contributed by atoms with Crippen LogP contribution in [0.2, 0.25) is 0 Å². The van der Waals surface area contributed by atoms with E-state index in [-0.39, 0.29) is 12.2 Å². The minimum Gasteiger partial charge on any atom is -0.320 e. The van der Waals surface area contributed by atoms with Gasteiger partial charge in [-0.1, -0.05) is 45.1 Å². The topological polar surface area (TPSA) is 41.1 Å². The second kappa shape index (κ2) is 10.3. The summed E-state index contributed by atoms with van der Waals surface area (Å²) in [6, 6.07) is 3.49. The number of halogens is 2. The van der Waals surface area contributed by atoms with Crippen molar-refractivity contribution >= 4 is 11.6 Å². The Morgan fingerprint density at radius 2 is 1.67 bits per heavy atom. The third-order valence-corrected chi connectivity index (χ3v) is 3.22. The highest BCUT2D eigenvalue weighted by Crippen LogP contribution is 2.17. The summed E-state index contributed by atoms with van der Waals surface area (Å²) >= 11 is 0. The lowest BCUT2D eigenvalue weighted by molar-refractivity contribution is -0.115. The number of unbranched alkanes of at least 4 members (excludes halogenated alkanes) is 5. The van der Waals surface area contributed by atoms with Gasteiger partial charge in [0, 0.05) is 0 Å². The van der Waals surface area contributed by atoms with E-state index in [1.54, 1.807) is 0 Å². The highest BCUT2D eigenvalue weighted by molar-refractivity contribution is 5.92. The second-order valence-electron chi connectivity index (χ2n) is 5.09. The number of carbonyl (C=O) groups excluding carboxylic acids is 1. The van der Waals surface area contributed by atoms with Crippen LogP contribution in [0.1, 0.15) is 45.4 Å². The molecule has 0 heterocycles. The summed E-state index contributed by atoms with van der Waals surface area (Å²) in [6.45, 7) is 2.97. The Kier molecular flexibility index (Phi) is 8.59. The van der Waals surface area contributed by atoms with Crippen molar-refractivity contribution in [2.75, 3.05) is 18.4 Å². The van der Waals surface area contributed by atoms with Crippen LogP contribution < -0.4 is 10.6 Å². The predicted molar refractivity (Wildman–Crippen MR) is 81.2 cm³/mol. The molecule has 0 spiro atoms. The smallest absolute Gasteiger partial charge is 0.238 e. The average Bonchev–Trinajstić information content (AvgIpc) is 2.46. The minimum atomic E-state index is -0.765. The molecule has 118 valence electrons. The molecule has 0 bridgehead atoms. The Hall–Kier alpha value is -1.49. The van der Waals surface area contributed by atoms with Crippen LogP contribution in [-0.4, -0.2) is 19.0 Å². The van der Waals surface area contributed by atoms with E-state index < -0.39 is 17.5 Å². The van der Waals surface area contributed by atoms with Gasteiger partial charge < -0.3 is 10.6 Å². The maximum atomic E-state index is 13.3. The molecule has 0 radical (unpaired) electrons. The molecule has 0 saturated heterocycles. The Morgan fingerprint density at radius 1 is 1.05 bits per heavy atom. The van der Waals surface area contributed by atoms with Gasteiger partial charge in [-0.15, -0.1) is 0 Å². The number of carbonyl (C=O) groups is 1. The monoisotopic (exact) mass is 298 g/mol.